The number of hydrogen-bond acceptors (Lipinski definition) is 3. The van der Waals surface area contributed by atoms with E-state index in [0.717, 1.165) is 37.2 Å². The number of halogens is 1. The smallest absolute Gasteiger partial charge is 0.235 e. The maximum Gasteiger partial charge on any atom is 0.235 e. The second kappa shape index (κ2) is 4.90. The summed E-state index contributed by atoms with van der Waals surface area (Å²) in [5, 5.41) is 0. The Morgan fingerprint density at radius 3 is 2.81 bits per heavy atom. The monoisotopic (exact) mass is 220 g/mol. The molecule has 0 N–H and O–H groups in total. The molecule has 4 heteroatoms. The van der Waals surface area contributed by atoms with Crippen LogP contribution in [-0.4, -0.2) is 19.2 Å². The van der Waals surface area contributed by atoms with Gasteiger partial charge in [0.25, 0.3) is 0 Å². The van der Waals surface area contributed by atoms with Crippen molar-refractivity contribution in [2.75, 3.05) is 18.0 Å². The van der Waals surface area contributed by atoms with E-state index in [-0.39, 0.29) is 12.4 Å². The summed E-state index contributed by atoms with van der Waals surface area (Å²) in [4.78, 5) is 15.8. The fourth-order valence-electron chi connectivity index (χ4n) is 2.04. The zero-order valence-corrected chi connectivity index (χ0v) is 8.95. The maximum absolute atomic E-state index is 13.2. The van der Waals surface area contributed by atoms with Crippen molar-refractivity contribution in [1.29, 1.82) is 0 Å². The van der Waals surface area contributed by atoms with Crippen molar-refractivity contribution in [1.82, 2.24) is 0 Å². The van der Waals surface area contributed by atoms with Gasteiger partial charge in [-0.05, 0) is 30.5 Å². The molecule has 84 valence electrons. The van der Waals surface area contributed by atoms with Crippen molar-refractivity contribution < 1.29 is 9.18 Å². The summed E-state index contributed by atoms with van der Waals surface area (Å²) >= 11 is 0. The van der Waals surface area contributed by atoms with Crippen LogP contribution in [0.5, 0.6) is 0 Å². The molecule has 2 rings (SSSR count). The zero-order valence-electron chi connectivity index (χ0n) is 8.95. The first-order chi connectivity index (χ1) is 7.81. The molecule has 1 heterocycles. The molecule has 0 spiro atoms. The molecule has 1 aromatic rings. The summed E-state index contributed by atoms with van der Waals surface area (Å²) in [5.41, 5.74) is 1.74. The predicted octanol–water partition coefficient (Wildman–Crippen LogP) is 2.26. The number of nitrogens with zero attached hydrogens (tertiary/aromatic N) is 2. The van der Waals surface area contributed by atoms with Gasteiger partial charge < -0.3 is 4.90 Å². The Morgan fingerprint density at radius 1 is 1.38 bits per heavy atom. The third-order valence-electron chi connectivity index (χ3n) is 2.81. The molecule has 0 radical (unpaired) electrons. The van der Waals surface area contributed by atoms with E-state index in [4.69, 9.17) is 0 Å². The molecule has 1 aliphatic heterocycles. The summed E-state index contributed by atoms with van der Waals surface area (Å²) in [6.45, 7) is 2.16. The number of anilines is 1. The molecule has 0 saturated carbocycles. The summed E-state index contributed by atoms with van der Waals surface area (Å²) in [7, 11) is 0. The van der Waals surface area contributed by atoms with Crippen LogP contribution in [0.3, 0.4) is 0 Å². The molecule has 0 bridgehead atoms. The van der Waals surface area contributed by atoms with Gasteiger partial charge in [-0.3, -0.25) is 0 Å². The molecule has 1 aliphatic rings. The van der Waals surface area contributed by atoms with Crippen LogP contribution in [0.4, 0.5) is 10.1 Å². The van der Waals surface area contributed by atoms with Crippen LogP contribution < -0.4 is 4.90 Å². The van der Waals surface area contributed by atoms with Crippen LogP contribution in [0, 0.1) is 5.82 Å². The van der Waals surface area contributed by atoms with Gasteiger partial charge in [-0.25, -0.2) is 14.2 Å². The van der Waals surface area contributed by atoms with E-state index in [9.17, 15) is 9.18 Å². The van der Waals surface area contributed by atoms with Crippen molar-refractivity contribution in [3.05, 3.63) is 29.6 Å². The molecule has 3 nitrogen and oxygen atoms in total. The van der Waals surface area contributed by atoms with Crippen LogP contribution in [0.2, 0.25) is 0 Å². The fraction of sp³-hybridized carbons (Fsp3) is 0.417. The Kier molecular flexibility index (Phi) is 3.32. The average Bonchev–Trinajstić information content (AvgIpc) is 2.80. The molecule has 1 fully saturated rings. The van der Waals surface area contributed by atoms with Crippen molar-refractivity contribution in [2.24, 2.45) is 4.99 Å². The standard InChI is InChI=1S/C12H13FN2O/c13-11-4-3-10(8-14-9-16)12(7-11)15-5-1-2-6-15/h3-4,7H,1-2,5-6,8H2. The molecule has 0 unspecified atom stereocenters. The predicted molar refractivity (Wildman–Crippen MR) is 59.7 cm³/mol. The van der Waals surface area contributed by atoms with Gasteiger partial charge >= 0.3 is 0 Å². The minimum atomic E-state index is -0.249. The topological polar surface area (TPSA) is 32.7 Å². The Bertz CT molecular complexity index is 421. The lowest BCUT2D eigenvalue weighted by molar-refractivity contribution is 0.562. The van der Waals surface area contributed by atoms with E-state index >= 15 is 0 Å². The summed E-state index contributed by atoms with van der Waals surface area (Å²) in [5.74, 6) is -0.249. The number of hydrogen-bond donors (Lipinski definition) is 0. The van der Waals surface area contributed by atoms with Crippen LogP contribution in [0.25, 0.3) is 0 Å². The van der Waals surface area contributed by atoms with Crippen LogP contribution in [0.15, 0.2) is 23.2 Å². The quantitative estimate of drug-likeness (QED) is 0.578. The van der Waals surface area contributed by atoms with Crippen molar-refractivity contribution in [2.45, 2.75) is 19.4 Å². The first kappa shape index (κ1) is 10.8. The van der Waals surface area contributed by atoms with Gasteiger partial charge in [-0.2, -0.15) is 0 Å². The lowest BCUT2D eigenvalue weighted by atomic mass is 10.1. The van der Waals surface area contributed by atoms with Crippen LogP contribution in [0.1, 0.15) is 18.4 Å². The fourth-order valence-corrected chi connectivity index (χ4v) is 2.04. The van der Waals surface area contributed by atoms with Gasteiger partial charge in [0, 0.05) is 18.8 Å². The molecule has 0 atom stereocenters. The summed E-state index contributed by atoms with van der Waals surface area (Å²) in [6, 6.07) is 4.60. The van der Waals surface area contributed by atoms with E-state index in [1.54, 1.807) is 6.07 Å². The highest BCUT2D eigenvalue weighted by atomic mass is 19.1. The van der Waals surface area contributed by atoms with Gasteiger partial charge in [0.05, 0.1) is 6.54 Å². The van der Waals surface area contributed by atoms with Gasteiger partial charge in [-0.15, -0.1) is 0 Å². The number of isocyanates is 1. The Morgan fingerprint density at radius 2 is 2.12 bits per heavy atom. The molecule has 0 aromatic heterocycles. The summed E-state index contributed by atoms with van der Waals surface area (Å²) in [6.07, 6.45) is 3.78. The highest BCUT2D eigenvalue weighted by molar-refractivity contribution is 5.55. The normalized spacial score (nSPS) is 14.9. The van der Waals surface area contributed by atoms with E-state index in [2.05, 4.69) is 9.89 Å². The van der Waals surface area contributed by atoms with Crippen molar-refractivity contribution in [3.8, 4) is 0 Å². The van der Waals surface area contributed by atoms with E-state index in [1.807, 2.05) is 0 Å². The van der Waals surface area contributed by atoms with Crippen LogP contribution >= 0.6 is 0 Å². The zero-order chi connectivity index (χ0) is 11.4. The molecular formula is C12H13FN2O. The second-order valence-electron chi connectivity index (χ2n) is 3.87. The Hall–Kier alpha value is -1.67. The molecule has 1 saturated heterocycles. The number of benzene rings is 1. The summed E-state index contributed by atoms with van der Waals surface area (Å²) < 4.78 is 13.2. The Balaban J connectivity index is 2.31. The van der Waals surface area contributed by atoms with Gasteiger partial charge in [0.2, 0.25) is 6.08 Å². The van der Waals surface area contributed by atoms with Gasteiger partial charge in [0.15, 0.2) is 0 Å². The minimum absolute atomic E-state index is 0.249. The lowest BCUT2D eigenvalue weighted by Gasteiger charge is -2.20. The molecule has 0 aliphatic carbocycles. The van der Waals surface area contributed by atoms with E-state index in [0.29, 0.717) is 0 Å². The molecule has 16 heavy (non-hydrogen) atoms. The SMILES string of the molecule is O=C=NCc1ccc(F)cc1N1CCCC1. The minimum Gasteiger partial charge on any atom is -0.371 e. The highest BCUT2D eigenvalue weighted by Gasteiger charge is 2.16. The first-order valence-electron chi connectivity index (χ1n) is 5.38. The third-order valence-corrected chi connectivity index (χ3v) is 2.81. The van der Waals surface area contributed by atoms with Crippen molar-refractivity contribution in [3.63, 3.8) is 0 Å². The van der Waals surface area contributed by atoms with E-state index < -0.39 is 0 Å². The maximum atomic E-state index is 13.2. The second-order valence-corrected chi connectivity index (χ2v) is 3.87. The molecule has 1 aromatic carbocycles. The van der Waals surface area contributed by atoms with Gasteiger partial charge in [0.1, 0.15) is 5.82 Å². The number of aliphatic imine (C=N–C) groups is 1. The van der Waals surface area contributed by atoms with Crippen molar-refractivity contribution >= 4 is 11.8 Å². The first-order valence-corrected chi connectivity index (χ1v) is 5.38. The Labute approximate surface area is 93.6 Å². The van der Waals surface area contributed by atoms with E-state index in [1.165, 1.54) is 18.2 Å². The molecule has 0 amide bonds. The van der Waals surface area contributed by atoms with Crippen LogP contribution in [-0.2, 0) is 11.3 Å². The van der Waals surface area contributed by atoms with Gasteiger partial charge in [-0.1, -0.05) is 6.07 Å². The highest BCUT2D eigenvalue weighted by Crippen LogP contribution is 2.26. The third kappa shape index (κ3) is 2.28. The lowest BCUT2D eigenvalue weighted by Crippen LogP contribution is -2.19. The molecular weight excluding hydrogens is 207 g/mol. The number of carbonyl (C=O) groups excluding carboxylic acids is 1. The average molecular weight is 220 g/mol. The number of rotatable bonds is 3. The largest absolute Gasteiger partial charge is 0.371 e.